The van der Waals surface area contributed by atoms with E-state index in [1.807, 2.05) is 21.9 Å². The van der Waals surface area contributed by atoms with Crippen molar-refractivity contribution in [3.8, 4) is 0 Å². The van der Waals surface area contributed by atoms with Crippen LogP contribution >= 0.6 is 0 Å². The Labute approximate surface area is 168 Å². The van der Waals surface area contributed by atoms with Crippen molar-refractivity contribution in [1.29, 1.82) is 0 Å². The molecular weight excluding hydrogens is 373 g/mol. The summed E-state index contributed by atoms with van der Waals surface area (Å²) >= 11 is 0. The minimum Gasteiger partial charge on any atom is -0.377 e. The summed E-state index contributed by atoms with van der Waals surface area (Å²) in [6.45, 7) is 3.50. The minimum atomic E-state index is -0.404. The van der Waals surface area contributed by atoms with Crippen LogP contribution in [-0.4, -0.2) is 54.7 Å². The normalized spacial score (nSPS) is 19.6. The van der Waals surface area contributed by atoms with Gasteiger partial charge in [0.2, 0.25) is 0 Å². The van der Waals surface area contributed by atoms with E-state index in [1.54, 1.807) is 6.07 Å². The first-order valence-electron chi connectivity index (χ1n) is 10.3. The molecule has 2 saturated heterocycles. The van der Waals surface area contributed by atoms with Crippen molar-refractivity contribution in [3.63, 3.8) is 0 Å². The van der Waals surface area contributed by atoms with Gasteiger partial charge in [-0.05, 0) is 55.5 Å². The highest BCUT2D eigenvalue weighted by Crippen LogP contribution is 2.35. The van der Waals surface area contributed by atoms with Gasteiger partial charge in [0.05, 0.1) is 13.2 Å². The lowest BCUT2D eigenvalue weighted by Gasteiger charge is -2.29. The number of H-pyrrole nitrogens is 1. The number of aromatic amines is 1. The number of rotatable bonds is 4. The molecule has 2 fully saturated rings. The molecule has 0 aliphatic carbocycles. The Morgan fingerprint density at radius 3 is 2.69 bits per heavy atom. The molecule has 1 aromatic heterocycles. The van der Waals surface area contributed by atoms with Gasteiger partial charge in [0, 0.05) is 25.3 Å². The van der Waals surface area contributed by atoms with Crippen molar-refractivity contribution in [2.75, 3.05) is 37.7 Å². The van der Waals surface area contributed by atoms with Gasteiger partial charge < -0.3 is 19.5 Å². The number of nitrogens with one attached hydrogen (secondary N) is 1. The largest absolute Gasteiger partial charge is 0.377 e. The third-order valence-electron chi connectivity index (χ3n) is 5.79. The predicted octanol–water partition coefficient (Wildman–Crippen LogP) is 3.96. The van der Waals surface area contributed by atoms with E-state index < -0.39 is 5.82 Å². The smallest absolute Gasteiger partial charge is 0.270 e. The van der Waals surface area contributed by atoms with E-state index in [0.717, 1.165) is 62.4 Å². The number of nitrogens with zero attached hydrogens (tertiary/aromatic N) is 4. The number of benzene rings is 1. The molecule has 0 unspecified atom stereocenters. The number of carbonyl (C=O) groups excluding carboxylic acids is 1. The van der Waals surface area contributed by atoms with E-state index in [-0.39, 0.29) is 17.6 Å². The van der Waals surface area contributed by atoms with Crippen LogP contribution in [0.25, 0.3) is 0 Å². The minimum absolute atomic E-state index is 0.0317. The monoisotopic (exact) mass is 397 g/mol. The number of anilines is 2. The number of fused-ring (bicyclic) bond motifs is 1. The van der Waals surface area contributed by atoms with Gasteiger partial charge in [-0.15, -0.1) is 0 Å². The quantitative estimate of drug-likeness (QED) is 0.794. The summed E-state index contributed by atoms with van der Waals surface area (Å²) < 4.78 is 19.7. The zero-order chi connectivity index (χ0) is 19.8. The van der Waals surface area contributed by atoms with Crippen LogP contribution in [0.5, 0.6) is 0 Å². The number of hydrogen-bond acceptors (Lipinski definition) is 5. The van der Waals surface area contributed by atoms with Crippen LogP contribution in [0.2, 0.25) is 0 Å². The van der Waals surface area contributed by atoms with Gasteiger partial charge in [-0.25, -0.2) is 4.39 Å². The molecule has 4 heterocycles. The molecule has 0 bridgehead atoms. The standard InChI is InChI=1S/C21H24FN5O2/c22-17-11-16(5-6-18(17)25-24-15-12-29-13-15)27-9-3-4-14-10-19(23-20(14)27)21(28)26-7-1-2-8-26/h5-6,10-11,15,23H,1-4,7-9,12-13H2/b25-24+. The average molecular weight is 397 g/mol. The van der Waals surface area contributed by atoms with Crippen molar-refractivity contribution in [2.24, 2.45) is 10.2 Å². The van der Waals surface area contributed by atoms with Crippen LogP contribution in [0.15, 0.2) is 34.5 Å². The van der Waals surface area contributed by atoms with Crippen molar-refractivity contribution >= 4 is 23.1 Å². The molecule has 152 valence electrons. The molecule has 3 aliphatic heterocycles. The van der Waals surface area contributed by atoms with Crippen molar-refractivity contribution in [3.05, 3.63) is 41.3 Å². The number of likely N-dealkylation sites (tertiary alicyclic amines) is 1. The number of aryl methyl sites for hydroxylation is 1. The number of ether oxygens (including phenoxy) is 1. The van der Waals surface area contributed by atoms with Gasteiger partial charge in [-0.2, -0.15) is 10.2 Å². The molecule has 0 atom stereocenters. The number of amides is 1. The Morgan fingerprint density at radius 2 is 1.97 bits per heavy atom. The first-order valence-corrected chi connectivity index (χ1v) is 10.3. The van der Waals surface area contributed by atoms with Gasteiger partial charge in [0.25, 0.3) is 5.91 Å². The lowest BCUT2D eigenvalue weighted by molar-refractivity contribution is 0.0105. The fraction of sp³-hybridized carbons (Fsp3) is 0.476. The molecule has 1 amide bonds. The van der Waals surface area contributed by atoms with Gasteiger partial charge in [0.15, 0.2) is 5.82 Å². The van der Waals surface area contributed by atoms with Gasteiger partial charge >= 0.3 is 0 Å². The fourth-order valence-electron chi connectivity index (χ4n) is 4.10. The molecule has 1 N–H and O–H groups in total. The number of aromatic nitrogens is 1. The SMILES string of the molecule is O=C(c1cc2c([nH]1)N(c1ccc(/N=N/C3COC3)c(F)c1)CCC2)N1CCCC1. The molecule has 7 nitrogen and oxygen atoms in total. The first-order chi connectivity index (χ1) is 14.2. The Morgan fingerprint density at radius 1 is 1.14 bits per heavy atom. The highest BCUT2D eigenvalue weighted by Gasteiger charge is 2.27. The van der Waals surface area contributed by atoms with Gasteiger partial charge in [0.1, 0.15) is 23.2 Å². The van der Waals surface area contributed by atoms with Crippen LogP contribution in [-0.2, 0) is 11.2 Å². The number of carbonyl (C=O) groups is 1. The summed E-state index contributed by atoms with van der Waals surface area (Å²) in [5.41, 5.74) is 2.70. The van der Waals surface area contributed by atoms with E-state index in [9.17, 15) is 9.18 Å². The molecule has 2 aromatic rings. The van der Waals surface area contributed by atoms with E-state index in [4.69, 9.17) is 4.74 Å². The second-order valence-corrected chi connectivity index (χ2v) is 7.85. The molecule has 8 heteroatoms. The maximum atomic E-state index is 14.6. The number of halogens is 1. The molecule has 0 saturated carbocycles. The summed E-state index contributed by atoms with van der Waals surface area (Å²) in [6, 6.07) is 6.99. The zero-order valence-electron chi connectivity index (χ0n) is 16.2. The maximum absolute atomic E-state index is 14.6. The fourth-order valence-corrected chi connectivity index (χ4v) is 4.10. The lowest BCUT2D eigenvalue weighted by Crippen LogP contribution is -2.31. The van der Waals surface area contributed by atoms with Gasteiger partial charge in [-0.3, -0.25) is 4.79 Å². The van der Waals surface area contributed by atoms with Crippen molar-refractivity contribution in [2.45, 2.75) is 31.7 Å². The topological polar surface area (TPSA) is 73.3 Å². The van der Waals surface area contributed by atoms with Crippen LogP contribution in [0, 0.1) is 5.82 Å². The third kappa shape index (κ3) is 3.53. The van der Waals surface area contributed by atoms with E-state index in [2.05, 4.69) is 15.2 Å². The van der Waals surface area contributed by atoms with Crippen LogP contribution < -0.4 is 4.90 Å². The summed E-state index contributed by atoms with van der Waals surface area (Å²) in [7, 11) is 0. The maximum Gasteiger partial charge on any atom is 0.270 e. The Balaban J connectivity index is 1.39. The van der Waals surface area contributed by atoms with Crippen LogP contribution in [0.4, 0.5) is 21.6 Å². The molecule has 29 heavy (non-hydrogen) atoms. The Bertz CT molecular complexity index is 947. The molecule has 0 spiro atoms. The average Bonchev–Trinajstić information content (AvgIpc) is 3.37. The molecule has 1 aromatic carbocycles. The zero-order valence-corrected chi connectivity index (χ0v) is 16.2. The Kier molecular flexibility index (Phi) is 4.79. The summed E-state index contributed by atoms with van der Waals surface area (Å²) in [5, 5.41) is 8.12. The van der Waals surface area contributed by atoms with Crippen molar-refractivity contribution in [1.82, 2.24) is 9.88 Å². The number of hydrogen-bond donors (Lipinski definition) is 1. The lowest BCUT2D eigenvalue weighted by atomic mass is 10.1. The molecule has 0 radical (unpaired) electrons. The second kappa shape index (κ2) is 7.59. The second-order valence-electron chi connectivity index (χ2n) is 7.85. The van der Waals surface area contributed by atoms with Crippen molar-refractivity contribution < 1.29 is 13.9 Å². The van der Waals surface area contributed by atoms with Crippen LogP contribution in [0.1, 0.15) is 35.3 Å². The number of azo groups is 1. The van der Waals surface area contributed by atoms with E-state index >= 15 is 0 Å². The molecule has 5 rings (SSSR count). The summed E-state index contributed by atoms with van der Waals surface area (Å²) in [6.07, 6.45) is 3.99. The highest BCUT2D eigenvalue weighted by atomic mass is 19.1. The van der Waals surface area contributed by atoms with E-state index in [0.29, 0.717) is 18.9 Å². The molecule has 3 aliphatic rings. The van der Waals surface area contributed by atoms with E-state index in [1.165, 1.54) is 6.07 Å². The summed E-state index contributed by atoms with van der Waals surface area (Å²) in [5.74, 6) is 0.538. The first kappa shape index (κ1) is 18.3. The Hall–Kier alpha value is -2.74. The summed E-state index contributed by atoms with van der Waals surface area (Å²) in [4.78, 5) is 20.0. The third-order valence-corrected chi connectivity index (χ3v) is 5.79. The molecular formula is C21H24FN5O2. The van der Waals surface area contributed by atoms with Crippen LogP contribution in [0.3, 0.4) is 0 Å². The highest BCUT2D eigenvalue weighted by molar-refractivity contribution is 5.94. The predicted molar refractivity (Wildman–Crippen MR) is 107 cm³/mol. The van der Waals surface area contributed by atoms with Gasteiger partial charge in [-0.1, -0.05) is 0 Å².